The first kappa shape index (κ1) is 11.4. The number of nitrogens with zero attached hydrogens (tertiary/aromatic N) is 2. The van der Waals surface area contributed by atoms with Crippen molar-refractivity contribution in [3.05, 3.63) is 54.0 Å². The fourth-order valence-corrected chi connectivity index (χ4v) is 1.91. The lowest BCUT2D eigenvalue weighted by atomic mass is 10.1. The lowest BCUT2D eigenvalue weighted by Crippen LogP contribution is -2.11. The molecule has 5 heteroatoms. The highest BCUT2D eigenvalue weighted by molar-refractivity contribution is 6.06. The minimum absolute atomic E-state index is 0.145. The number of carbonyl (C=O) groups is 1. The summed E-state index contributed by atoms with van der Waals surface area (Å²) >= 11 is 0. The molecule has 1 amide bonds. The first-order valence-corrected chi connectivity index (χ1v) is 5.89. The SMILES string of the molecule is Cc1cc(NC(=O)c2ccc3[nH]ncc3c2)ccn1. The summed E-state index contributed by atoms with van der Waals surface area (Å²) in [6, 6.07) is 9.01. The van der Waals surface area contributed by atoms with Crippen molar-refractivity contribution in [1.82, 2.24) is 15.2 Å². The Morgan fingerprint density at radius 3 is 3.00 bits per heavy atom. The molecule has 2 aromatic heterocycles. The third kappa shape index (κ3) is 2.30. The van der Waals surface area contributed by atoms with Crippen LogP contribution in [0.4, 0.5) is 5.69 Å². The average Bonchev–Trinajstić information content (AvgIpc) is 2.85. The van der Waals surface area contributed by atoms with Gasteiger partial charge >= 0.3 is 0 Å². The Kier molecular flexibility index (Phi) is 2.72. The molecule has 0 bridgehead atoms. The number of anilines is 1. The van der Waals surface area contributed by atoms with E-state index in [9.17, 15) is 4.79 Å². The molecule has 0 spiro atoms. The van der Waals surface area contributed by atoms with E-state index in [4.69, 9.17) is 0 Å². The number of carbonyl (C=O) groups excluding carboxylic acids is 1. The summed E-state index contributed by atoms with van der Waals surface area (Å²) in [4.78, 5) is 16.2. The van der Waals surface area contributed by atoms with Gasteiger partial charge in [0.2, 0.25) is 0 Å². The molecule has 0 unspecified atom stereocenters. The number of aromatic amines is 1. The molecule has 2 heterocycles. The molecule has 0 saturated carbocycles. The zero-order chi connectivity index (χ0) is 13.2. The normalized spacial score (nSPS) is 10.6. The summed E-state index contributed by atoms with van der Waals surface area (Å²) in [5, 5.41) is 10.5. The summed E-state index contributed by atoms with van der Waals surface area (Å²) in [7, 11) is 0. The van der Waals surface area contributed by atoms with Gasteiger partial charge in [-0.3, -0.25) is 14.9 Å². The van der Waals surface area contributed by atoms with Crippen LogP contribution in [0.2, 0.25) is 0 Å². The van der Waals surface area contributed by atoms with E-state index in [1.165, 1.54) is 0 Å². The molecular formula is C14H12N4O. The fourth-order valence-electron chi connectivity index (χ4n) is 1.91. The molecule has 0 aliphatic rings. The Hall–Kier alpha value is -2.69. The van der Waals surface area contributed by atoms with Crippen LogP contribution in [-0.4, -0.2) is 21.1 Å². The number of hydrogen-bond acceptors (Lipinski definition) is 3. The number of amides is 1. The molecule has 3 aromatic rings. The summed E-state index contributed by atoms with van der Waals surface area (Å²) < 4.78 is 0. The number of nitrogens with one attached hydrogen (secondary N) is 2. The Labute approximate surface area is 109 Å². The van der Waals surface area contributed by atoms with Crippen LogP contribution in [-0.2, 0) is 0 Å². The van der Waals surface area contributed by atoms with Crippen LogP contribution >= 0.6 is 0 Å². The van der Waals surface area contributed by atoms with Crippen LogP contribution in [0.25, 0.3) is 10.9 Å². The van der Waals surface area contributed by atoms with E-state index in [1.807, 2.05) is 25.1 Å². The molecule has 19 heavy (non-hydrogen) atoms. The van der Waals surface area contributed by atoms with E-state index in [1.54, 1.807) is 24.5 Å². The Bertz CT molecular complexity index is 748. The maximum absolute atomic E-state index is 12.1. The number of rotatable bonds is 2. The van der Waals surface area contributed by atoms with Crippen LogP contribution < -0.4 is 5.32 Å². The van der Waals surface area contributed by atoms with Gasteiger partial charge in [0.1, 0.15) is 0 Å². The highest BCUT2D eigenvalue weighted by Crippen LogP contribution is 2.15. The molecule has 0 saturated heterocycles. The topological polar surface area (TPSA) is 70.7 Å². The first-order chi connectivity index (χ1) is 9.22. The molecule has 0 radical (unpaired) electrons. The van der Waals surface area contributed by atoms with Gasteiger partial charge in [-0.1, -0.05) is 0 Å². The molecule has 0 fully saturated rings. The van der Waals surface area contributed by atoms with Gasteiger partial charge in [0.15, 0.2) is 0 Å². The van der Waals surface area contributed by atoms with Crippen molar-refractivity contribution in [3.8, 4) is 0 Å². The number of aryl methyl sites for hydroxylation is 1. The number of pyridine rings is 1. The average molecular weight is 252 g/mol. The van der Waals surface area contributed by atoms with Crippen LogP contribution in [0, 0.1) is 6.92 Å². The molecule has 3 rings (SSSR count). The standard InChI is InChI=1S/C14H12N4O/c1-9-6-12(4-5-15-9)17-14(19)10-2-3-13-11(7-10)8-16-18-13/h2-8H,1H3,(H,16,18)(H,15,17,19). The van der Waals surface area contributed by atoms with Crippen molar-refractivity contribution in [2.24, 2.45) is 0 Å². The molecular weight excluding hydrogens is 240 g/mol. The van der Waals surface area contributed by atoms with Crippen molar-refractivity contribution < 1.29 is 4.79 Å². The zero-order valence-electron chi connectivity index (χ0n) is 10.3. The van der Waals surface area contributed by atoms with Gasteiger partial charge in [-0.2, -0.15) is 5.10 Å². The molecule has 5 nitrogen and oxygen atoms in total. The molecule has 2 N–H and O–H groups in total. The van der Waals surface area contributed by atoms with Crippen LogP contribution in [0.15, 0.2) is 42.7 Å². The maximum atomic E-state index is 12.1. The zero-order valence-corrected chi connectivity index (χ0v) is 10.3. The van der Waals surface area contributed by atoms with Crippen LogP contribution in [0.1, 0.15) is 16.1 Å². The summed E-state index contributed by atoms with van der Waals surface area (Å²) in [6.07, 6.45) is 3.37. The summed E-state index contributed by atoms with van der Waals surface area (Å²) in [5.74, 6) is -0.145. The second-order valence-corrected chi connectivity index (χ2v) is 4.31. The van der Waals surface area contributed by atoms with Crippen LogP contribution in [0.3, 0.4) is 0 Å². The summed E-state index contributed by atoms with van der Waals surface area (Å²) in [6.45, 7) is 1.88. The largest absolute Gasteiger partial charge is 0.322 e. The van der Waals surface area contributed by atoms with Crippen LogP contribution in [0.5, 0.6) is 0 Å². The Balaban J connectivity index is 1.87. The van der Waals surface area contributed by atoms with Gasteiger partial charge in [-0.15, -0.1) is 0 Å². The minimum atomic E-state index is -0.145. The van der Waals surface area contributed by atoms with E-state index in [-0.39, 0.29) is 5.91 Å². The third-order valence-corrected chi connectivity index (χ3v) is 2.86. The molecule has 0 aliphatic heterocycles. The predicted molar refractivity (Wildman–Crippen MR) is 73.0 cm³/mol. The number of H-pyrrole nitrogens is 1. The first-order valence-electron chi connectivity index (χ1n) is 5.89. The number of hydrogen-bond donors (Lipinski definition) is 2. The molecule has 0 atom stereocenters. The third-order valence-electron chi connectivity index (χ3n) is 2.86. The van der Waals surface area contributed by atoms with Gasteiger partial charge < -0.3 is 5.32 Å². The van der Waals surface area contributed by atoms with Crippen molar-refractivity contribution in [2.75, 3.05) is 5.32 Å². The minimum Gasteiger partial charge on any atom is -0.322 e. The van der Waals surface area contributed by atoms with Crippen molar-refractivity contribution in [3.63, 3.8) is 0 Å². The van der Waals surface area contributed by atoms with E-state index < -0.39 is 0 Å². The lowest BCUT2D eigenvalue weighted by molar-refractivity contribution is 0.102. The predicted octanol–water partition coefficient (Wildman–Crippen LogP) is 2.52. The van der Waals surface area contributed by atoms with Crippen molar-refractivity contribution in [1.29, 1.82) is 0 Å². The van der Waals surface area contributed by atoms with E-state index >= 15 is 0 Å². The van der Waals surface area contributed by atoms with Gasteiger partial charge in [0, 0.05) is 28.5 Å². The van der Waals surface area contributed by atoms with Gasteiger partial charge in [0.05, 0.1) is 11.7 Å². The molecule has 94 valence electrons. The molecule has 0 aliphatic carbocycles. The Morgan fingerprint density at radius 2 is 2.16 bits per heavy atom. The molecule has 1 aromatic carbocycles. The fraction of sp³-hybridized carbons (Fsp3) is 0.0714. The van der Waals surface area contributed by atoms with Crippen molar-refractivity contribution in [2.45, 2.75) is 6.92 Å². The Morgan fingerprint density at radius 1 is 1.26 bits per heavy atom. The van der Waals surface area contributed by atoms with Crippen molar-refractivity contribution >= 4 is 22.5 Å². The quantitative estimate of drug-likeness (QED) is 0.736. The van der Waals surface area contributed by atoms with E-state index in [2.05, 4.69) is 20.5 Å². The van der Waals surface area contributed by atoms with E-state index in [0.717, 1.165) is 22.3 Å². The van der Waals surface area contributed by atoms with E-state index in [0.29, 0.717) is 5.56 Å². The van der Waals surface area contributed by atoms with Gasteiger partial charge in [0.25, 0.3) is 5.91 Å². The number of fused-ring (bicyclic) bond motifs is 1. The lowest BCUT2D eigenvalue weighted by Gasteiger charge is -2.05. The number of aromatic nitrogens is 3. The summed E-state index contributed by atoms with van der Waals surface area (Å²) in [5.41, 5.74) is 3.12. The highest BCUT2D eigenvalue weighted by Gasteiger charge is 2.07. The second kappa shape index (κ2) is 4.53. The maximum Gasteiger partial charge on any atom is 0.255 e. The number of benzene rings is 1. The van der Waals surface area contributed by atoms with Gasteiger partial charge in [-0.05, 0) is 37.3 Å². The van der Waals surface area contributed by atoms with Gasteiger partial charge in [-0.25, -0.2) is 0 Å². The second-order valence-electron chi connectivity index (χ2n) is 4.31. The highest BCUT2D eigenvalue weighted by atomic mass is 16.1. The monoisotopic (exact) mass is 252 g/mol. The smallest absolute Gasteiger partial charge is 0.255 e.